The van der Waals surface area contributed by atoms with E-state index >= 15 is 0 Å². The first-order valence-electron chi connectivity index (χ1n) is 6.40. The minimum Gasteiger partial charge on any atom is -0.497 e. The molecule has 20 heavy (non-hydrogen) atoms. The SMILES string of the molecule is COc1cccc(CCNC(=O)NC(C)CC(=O)O)c1. The molecular formula is C14H20N2O4. The van der Waals surface area contributed by atoms with Crippen molar-refractivity contribution < 1.29 is 19.4 Å². The molecule has 1 aromatic rings. The molecule has 0 aromatic heterocycles. The smallest absolute Gasteiger partial charge is 0.315 e. The summed E-state index contributed by atoms with van der Waals surface area (Å²) in [5, 5.41) is 13.8. The minimum absolute atomic E-state index is 0.0939. The summed E-state index contributed by atoms with van der Waals surface area (Å²) in [5.74, 6) is -0.156. The average molecular weight is 280 g/mol. The number of hydrogen-bond donors (Lipinski definition) is 3. The molecule has 1 aromatic carbocycles. The van der Waals surface area contributed by atoms with Crippen LogP contribution in [0.3, 0.4) is 0 Å². The lowest BCUT2D eigenvalue weighted by Gasteiger charge is -2.12. The number of carboxylic acids is 1. The lowest BCUT2D eigenvalue weighted by molar-refractivity contribution is -0.137. The third kappa shape index (κ3) is 6.08. The van der Waals surface area contributed by atoms with E-state index in [0.717, 1.165) is 11.3 Å². The molecule has 3 N–H and O–H groups in total. The molecule has 110 valence electrons. The maximum absolute atomic E-state index is 11.5. The number of urea groups is 1. The molecule has 0 aliphatic rings. The van der Waals surface area contributed by atoms with Crippen molar-refractivity contribution in [1.82, 2.24) is 10.6 Å². The molecular weight excluding hydrogens is 260 g/mol. The molecule has 2 amide bonds. The molecule has 1 atom stereocenters. The summed E-state index contributed by atoms with van der Waals surface area (Å²) in [4.78, 5) is 22.0. The first-order chi connectivity index (χ1) is 9.51. The van der Waals surface area contributed by atoms with Crippen molar-refractivity contribution in [3.05, 3.63) is 29.8 Å². The Kier molecular flexibility index (Phi) is 6.36. The number of ether oxygens (including phenoxy) is 1. The average Bonchev–Trinajstić information content (AvgIpc) is 2.37. The van der Waals surface area contributed by atoms with Gasteiger partial charge in [-0.2, -0.15) is 0 Å². The van der Waals surface area contributed by atoms with Crippen LogP contribution in [-0.2, 0) is 11.2 Å². The highest BCUT2D eigenvalue weighted by Crippen LogP contribution is 2.12. The van der Waals surface area contributed by atoms with Gasteiger partial charge < -0.3 is 20.5 Å². The van der Waals surface area contributed by atoms with Gasteiger partial charge >= 0.3 is 12.0 Å². The van der Waals surface area contributed by atoms with Crippen LogP contribution in [0.1, 0.15) is 18.9 Å². The second kappa shape index (κ2) is 8.04. The van der Waals surface area contributed by atoms with Crippen LogP contribution >= 0.6 is 0 Å². The van der Waals surface area contributed by atoms with E-state index < -0.39 is 12.0 Å². The third-order valence-electron chi connectivity index (χ3n) is 2.69. The van der Waals surface area contributed by atoms with Crippen molar-refractivity contribution >= 4 is 12.0 Å². The zero-order chi connectivity index (χ0) is 15.0. The van der Waals surface area contributed by atoms with Gasteiger partial charge in [0.15, 0.2) is 0 Å². The molecule has 0 radical (unpaired) electrons. The van der Waals surface area contributed by atoms with E-state index in [1.807, 2.05) is 24.3 Å². The van der Waals surface area contributed by atoms with E-state index in [0.29, 0.717) is 13.0 Å². The van der Waals surface area contributed by atoms with Gasteiger partial charge in [-0.25, -0.2) is 4.79 Å². The number of rotatable bonds is 7. The maximum atomic E-state index is 11.5. The number of amides is 2. The van der Waals surface area contributed by atoms with Gasteiger partial charge in [-0.3, -0.25) is 4.79 Å². The lowest BCUT2D eigenvalue weighted by atomic mass is 10.1. The Balaban J connectivity index is 2.29. The molecule has 0 heterocycles. The number of carboxylic acid groups (broad SMARTS) is 1. The Hall–Kier alpha value is -2.24. The molecule has 0 bridgehead atoms. The van der Waals surface area contributed by atoms with Gasteiger partial charge in [-0.1, -0.05) is 12.1 Å². The van der Waals surface area contributed by atoms with Gasteiger partial charge in [-0.15, -0.1) is 0 Å². The van der Waals surface area contributed by atoms with Gasteiger partial charge in [0.2, 0.25) is 0 Å². The highest BCUT2D eigenvalue weighted by molar-refractivity contribution is 5.75. The van der Waals surface area contributed by atoms with Crippen molar-refractivity contribution in [2.24, 2.45) is 0 Å². The molecule has 6 heteroatoms. The van der Waals surface area contributed by atoms with E-state index in [9.17, 15) is 9.59 Å². The third-order valence-corrected chi connectivity index (χ3v) is 2.69. The predicted molar refractivity (Wildman–Crippen MR) is 74.9 cm³/mol. The van der Waals surface area contributed by atoms with Crippen LogP contribution < -0.4 is 15.4 Å². The summed E-state index contributed by atoms with van der Waals surface area (Å²) in [6.07, 6.45) is 0.585. The number of hydrogen-bond acceptors (Lipinski definition) is 3. The van der Waals surface area contributed by atoms with Crippen LogP contribution in [-0.4, -0.2) is 36.8 Å². The predicted octanol–water partition coefficient (Wildman–Crippen LogP) is 1.40. The van der Waals surface area contributed by atoms with Crippen molar-refractivity contribution in [2.75, 3.05) is 13.7 Å². The van der Waals surface area contributed by atoms with Crippen LogP contribution in [0.4, 0.5) is 4.79 Å². The fourth-order valence-electron chi connectivity index (χ4n) is 1.74. The molecule has 0 spiro atoms. The number of benzene rings is 1. The zero-order valence-electron chi connectivity index (χ0n) is 11.7. The number of carbonyl (C=O) groups is 2. The summed E-state index contributed by atoms with van der Waals surface area (Å²) in [5.41, 5.74) is 1.06. The summed E-state index contributed by atoms with van der Waals surface area (Å²) in [6, 6.07) is 6.85. The fraction of sp³-hybridized carbons (Fsp3) is 0.429. The maximum Gasteiger partial charge on any atom is 0.315 e. The number of nitrogens with one attached hydrogen (secondary N) is 2. The van der Waals surface area contributed by atoms with E-state index in [2.05, 4.69) is 10.6 Å². The standard InChI is InChI=1S/C14H20N2O4/c1-10(8-13(17)18)16-14(19)15-7-6-11-4-3-5-12(9-11)20-2/h3-5,9-10H,6-8H2,1-2H3,(H,17,18)(H2,15,16,19). The molecule has 0 saturated heterocycles. The molecule has 1 rings (SSSR count). The van der Waals surface area contributed by atoms with Crippen molar-refractivity contribution in [3.8, 4) is 5.75 Å². The van der Waals surface area contributed by atoms with Crippen molar-refractivity contribution in [3.63, 3.8) is 0 Å². The molecule has 1 unspecified atom stereocenters. The lowest BCUT2D eigenvalue weighted by Crippen LogP contribution is -2.42. The van der Waals surface area contributed by atoms with Gasteiger partial charge in [0.25, 0.3) is 0 Å². The largest absolute Gasteiger partial charge is 0.497 e. The zero-order valence-corrected chi connectivity index (χ0v) is 11.7. The minimum atomic E-state index is -0.936. The summed E-state index contributed by atoms with van der Waals surface area (Å²) in [7, 11) is 1.61. The van der Waals surface area contributed by atoms with Gasteiger partial charge in [0.05, 0.1) is 13.5 Å². The number of aliphatic carboxylic acids is 1. The van der Waals surface area contributed by atoms with E-state index in [4.69, 9.17) is 9.84 Å². The summed E-state index contributed by atoms with van der Waals surface area (Å²) >= 11 is 0. The van der Waals surface area contributed by atoms with Gasteiger partial charge in [-0.05, 0) is 31.0 Å². The molecule has 0 fully saturated rings. The summed E-state index contributed by atoms with van der Waals surface area (Å²) < 4.78 is 5.12. The second-order valence-corrected chi connectivity index (χ2v) is 4.50. The monoisotopic (exact) mass is 280 g/mol. The molecule has 6 nitrogen and oxygen atoms in total. The Morgan fingerprint density at radius 2 is 2.15 bits per heavy atom. The first-order valence-corrected chi connectivity index (χ1v) is 6.40. The van der Waals surface area contributed by atoms with E-state index in [1.54, 1.807) is 14.0 Å². The van der Waals surface area contributed by atoms with Gasteiger partial charge in [0, 0.05) is 12.6 Å². The van der Waals surface area contributed by atoms with Crippen molar-refractivity contribution in [2.45, 2.75) is 25.8 Å². The molecule has 0 aliphatic carbocycles. The Labute approximate surface area is 118 Å². The van der Waals surface area contributed by atoms with Crippen LogP contribution in [0.15, 0.2) is 24.3 Å². The Bertz CT molecular complexity index is 462. The second-order valence-electron chi connectivity index (χ2n) is 4.50. The van der Waals surface area contributed by atoms with Crippen molar-refractivity contribution in [1.29, 1.82) is 0 Å². The van der Waals surface area contributed by atoms with Crippen LogP contribution in [0.5, 0.6) is 5.75 Å². The topological polar surface area (TPSA) is 87.7 Å². The van der Waals surface area contributed by atoms with Crippen LogP contribution in [0, 0.1) is 0 Å². The normalized spacial score (nSPS) is 11.5. The Morgan fingerprint density at radius 3 is 2.80 bits per heavy atom. The number of carbonyl (C=O) groups excluding carboxylic acids is 1. The van der Waals surface area contributed by atoms with Gasteiger partial charge in [0.1, 0.15) is 5.75 Å². The number of methoxy groups -OCH3 is 1. The van der Waals surface area contributed by atoms with Crippen LogP contribution in [0.25, 0.3) is 0 Å². The summed E-state index contributed by atoms with van der Waals surface area (Å²) in [6.45, 7) is 2.12. The fourth-order valence-corrected chi connectivity index (χ4v) is 1.74. The molecule has 0 saturated carbocycles. The van der Waals surface area contributed by atoms with E-state index in [-0.39, 0.29) is 12.5 Å². The highest BCUT2D eigenvalue weighted by Gasteiger charge is 2.10. The first kappa shape index (κ1) is 15.8. The Morgan fingerprint density at radius 1 is 1.40 bits per heavy atom. The van der Waals surface area contributed by atoms with E-state index in [1.165, 1.54) is 0 Å². The molecule has 0 aliphatic heterocycles. The highest BCUT2D eigenvalue weighted by atomic mass is 16.5. The quantitative estimate of drug-likeness (QED) is 0.704. The van der Waals surface area contributed by atoms with Crippen LogP contribution in [0.2, 0.25) is 0 Å².